The SMILES string of the molecule is CCNC(=NCCCSC)N1CCC(OCC2CCCO2)CC1. The first kappa shape index (κ1) is 18.9. The number of ether oxygens (including phenoxy) is 2. The normalized spacial score (nSPS) is 23.5. The van der Waals surface area contributed by atoms with E-state index in [1.165, 1.54) is 12.2 Å². The van der Waals surface area contributed by atoms with Crippen molar-refractivity contribution in [1.29, 1.82) is 0 Å². The van der Waals surface area contributed by atoms with E-state index in [1.807, 2.05) is 11.8 Å². The van der Waals surface area contributed by atoms with Crippen LogP contribution in [-0.2, 0) is 9.47 Å². The van der Waals surface area contributed by atoms with Gasteiger partial charge in [0.1, 0.15) is 0 Å². The minimum Gasteiger partial charge on any atom is -0.376 e. The lowest BCUT2D eigenvalue weighted by atomic mass is 10.1. The molecule has 0 saturated carbocycles. The molecule has 2 heterocycles. The van der Waals surface area contributed by atoms with Crippen LogP contribution in [0.1, 0.15) is 39.0 Å². The first-order valence-electron chi connectivity index (χ1n) is 9.09. The lowest BCUT2D eigenvalue weighted by Gasteiger charge is -2.34. The van der Waals surface area contributed by atoms with Crippen LogP contribution < -0.4 is 5.32 Å². The zero-order valence-corrected chi connectivity index (χ0v) is 15.6. The highest BCUT2D eigenvalue weighted by Crippen LogP contribution is 2.17. The van der Waals surface area contributed by atoms with E-state index < -0.39 is 0 Å². The van der Waals surface area contributed by atoms with E-state index in [0.717, 1.165) is 71.0 Å². The molecule has 23 heavy (non-hydrogen) atoms. The van der Waals surface area contributed by atoms with Crippen LogP contribution in [0.3, 0.4) is 0 Å². The Hall–Kier alpha value is -0.460. The van der Waals surface area contributed by atoms with Gasteiger partial charge in [0.2, 0.25) is 0 Å². The number of likely N-dealkylation sites (tertiary alicyclic amines) is 1. The minimum atomic E-state index is 0.336. The van der Waals surface area contributed by atoms with Crippen molar-refractivity contribution in [1.82, 2.24) is 10.2 Å². The van der Waals surface area contributed by atoms with Crippen molar-refractivity contribution in [3.8, 4) is 0 Å². The predicted octanol–water partition coefficient (Wildman–Crippen LogP) is 2.36. The fraction of sp³-hybridized carbons (Fsp3) is 0.941. The lowest BCUT2D eigenvalue weighted by Crippen LogP contribution is -2.47. The molecule has 1 atom stereocenters. The van der Waals surface area contributed by atoms with E-state index >= 15 is 0 Å². The van der Waals surface area contributed by atoms with Gasteiger partial charge in [-0.15, -0.1) is 0 Å². The standard InChI is InChI=1S/C17H33N3O2S/c1-3-18-17(19-9-5-13-23-2)20-10-7-15(8-11-20)22-14-16-6-4-12-21-16/h15-16H,3-14H2,1-2H3,(H,18,19). The Morgan fingerprint density at radius 3 is 2.83 bits per heavy atom. The summed E-state index contributed by atoms with van der Waals surface area (Å²) in [5.74, 6) is 2.26. The summed E-state index contributed by atoms with van der Waals surface area (Å²) >= 11 is 1.89. The largest absolute Gasteiger partial charge is 0.376 e. The average molecular weight is 344 g/mol. The summed E-state index contributed by atoms with van der Waals surface area (Å²) in [4.78, 5) is 7.15. The zero-order valence-electron chi connectivity index (χ0n) is 14.8. The summed E-state index contributed by atoms with van der Waals surface area (Å²) in [6.07, 6.45) is 8.53. The molecule has 2 fully saturated rings. The molecule has 0 aromatic heterocycles. The summed E-state index contributed by atoms with van der Waals surface area (Å²) in [5, 5.41) is 3.43. The Kier molecular flexibility index (Phi) is 9.15. The number of rotatable bonds is 8. The molecule has 2 aliphatic heterocycles. The molecule has 0 aromatic carbocycles. The number of nitrogens with zero attached hydrogens (tertiary/aromatic N) is 2. The minimum absolute atomic E-state index is 0.336. The molecule has 5 nitrogen and oxygen atoms in total. The molecule has 0 spiro atoms. The number of hydrogen-bond donors (Lipinski definition) is 1. The number of aliphatic imine (C=N–C) groups is 1. The van der Waals surface area contributed by atoms with Crippen molar-refractivity contribution >= 4 is 17.7 Å². The van der Waals surface area contributed by atoms with E-state index in [2.05, 4.69) is 23.4 Å². The summed E-state index contributed by atoms with van der Waals surface area (Å²) < 4.78 is 11.7. The van der Waals surface area contributed by atoms with E-state index in [1.54, 1.807) is 0 Å². The maximum Gasteiger partial charge on any atom is 0.193 e. The van der Waals surface area contributed by atoms with Crippen LogP contribution in [0.5, 0.6) is 0 Å². The molecular weight excluding hydrogens is 310 g/mol. The van der Waals surface area contributed by atoms with Gasteiger partial charge >= 0.3 is 0 Å². The number of hydrogen-bond acceptors (Lipinski definition) is 4. The van der Waals surface area contributed by atoms with Crippen LogP contribution in [0.15, 0.2) is 4.99 Å². The second-order valence-corrected chi connectivity index (χ2v) is 7.22. The molecule has 134 valence electrons. The first-order chi connectivity index (χ1) is 11.3. The number of nitrogens with one attached hydrogen (secondary N) is 1. The monoisotopic (exact) mass is 343 g/mol. The topological polar surface area (TPSA) is 46.1 Å². The van der Waals surface area contributed by atoms with Crippen LogP contribution in [0, 0.1) is 0 Å². The Morgan fingerprint density at radius 1 is 1.35 bits per heavy atom. The number of piperidine rings is 1. The maximum atomic E-state index is 6.05. The molecule has 0 aromatic rings. The van der Waals surface area contributed by atoms with E-state index in [0.29, 0.717) is 12.2 Å². The fourth-order valence-corrected chi connectivity index (χ4v) is 3.49. The fourth-order valence-electron chi connectivity index (χ4n) is 3.07. The molecule has 2 rings (SSSR count). The van der Waals surface area contributed by atoms with Crippen LogP contribution in [0.25, 0.3) is 0 Å². The third-order valence-corrected chi connectivity index (χ3v) is 5.08. The smallest absolute Gasteiger partial charge is 0.193 e. The van der Waals surface area contributed by atoms with Crippen molar-refractivity contribution in [2.24, 2.45) is 4.99 Å². The second-order valence-electron chi connectivity index (χ2n) is 6.24. The third kappa shape index (κ3) is 6.89. The lowest BCUT2D eigenvalue weighted by molar-refractivity contribution is -0.0367. The number of thioether (sulfide) groups is 1. The van der Waals surface area contributed by atoms with Gasteiger partial charge in [0, 0.05) is 32.8 Å². The van der Waals surface area contributed by atoms with Crippen molar-refractivity contribution in [3.05, 3.63) is 0 Å². The summed E-state index contributed by atoms with van der Waals surface area (Å²) in [6, 6.07) is 0. The quantitative estimate of drug-likeness (QED) is 0.416. The molecule has 1 unspecified atom stereocenters. The Labute approximate surface area is 145 Å². The molecule has 1 N–H and O–H groups in total. The van der Waals surface area contributed by atoms with Crippen LogP contribution in [0.2, 0.25) is 0 Å². The predicted molar refractivity (Wildman–Crippen MR) is 98.5 cm³/mol. The average Bonchev–Trinajstić information content (AvgIpc) is 3.10. The van der Waals surface area contributed by atoms with E-state index in [-0.39, 0.29) is 0 Å². The van der Waals surface area contributed by atoms with Gasteiger partial charge in [0.25, 0.3) is 0 Å². The van der Waals surface area contributed by atoms with Gasteiger partial charge in [-0.25, -0.2) is 0 Å². The van der Waals surface area contributed by atoms with Gasteiger partial charge < -0.3 is 19.7 Å². The molecule has 0 bridgehead atoms. The molecule has 2 aliphatic rings. The highest BCUT2D eigenvalue weighted by Gasteiger charge is 2.24. The van der Waals surface area contributed by atoms with E-state index in [9.17, 15) is 0 Å². The first-order valence-corrected chi connectivity index (χ1v) is 10.5. The van der Waals surface area contributed by atoms with Gasteiger partial charge in [-0.3, -0.25) is 4.99 Å². The van der Waals surface area contributed by atoms with Gasteiger partial charge in [-0.2, -0.15) is 11.8 Å². The van der Waals surface area contributed by atoms with Gasteiger partial charge in [0.15, 0.2) is 5.96 Å². The third-order valence-electron chi connectivity index (χ3n) is 4.39. The maximum absolute atomic E-state index is 6.05. The summed E-state index contributed by atoms with van der Waals surface area (Å²) in [5.41, 5.74) is 0. The Morgan fingerprint density at radius 2 is 2.17 bits per heavy atom. The molecule has 6 heteroatoms. The number of guanidine groups is 1. The van der Waals surface area contributed by atoms with Crippen LogP contribution >= 0.6 is 11.8 Å². The second kappa shape index (κ2) is 11.2. The van der Waals surface area contributed by atoms with Crippen molar-refractivity contribution < 1.29 is 9.47 Å². The molecule has 0 aliphatic carbocycles. The van der Waals surface area contributed by atoms with Crippen LogP contribution in [-0.4, -0.2) is 74.5 Å². The Bertz CT molecular complexity index is 341. The molecule has 2 saturated heterocycles. The highest BCUT2D eigenvalue weighted by atomic mass is 32.2. The highest BCUT2D eigenvalue weighted by molar-refractivity contribution is 7.98. The van der Waals surface area contributed by atoms with Gasteiger partial charge in [-0.1, -0.05) is 0 Å². The zero-order chi connectivity index (χ0) is 16.3. The summed E-state index contributed by atoms with van der Waals surface area (Å²) in [7, 11) is 0. The van der Waals surface area contributed by atoms with Gasteiger partial charge in [0.05, 0.1) is 18.8 Å². The van der Waals surface area contributed by atoms with Gasteiger partial charge in [-0.05, 0) is 51.0 Å². The van der Waals surface area contributed by atoms with E-state index in [4.69, 9.17) is 14.5 Å². The molecular formula is C17H33N3O2S. The van der Waals surface area contributed by atoms with Crippen molar-refractivity contribution in [2.45, 2.75) is 51.2 Å². The summed E-state index contributed by atoms with van der Waals surface area (Å²) in [6.45, 7) is 7.72. The van der Waals surface area contributed by atoms with Crippen LogP contribution in [0.4, 0.5) is 0 Å². The van der Waals surface area contributed by atoms with Crippen molar-refractivity contribution in [2.75, 3.05) is 51.4 Å². The van der Waals surface area contributed by atoms with Crippen molar-refractivity contribution in [3.63, 3.8) is 0 Å². The Balaban J connectivity index is 1.69. The molecule has 0 amide bonds. The molecule has 0 radical (unpaired) electrons.